The zero-order valence-electron chi connectivity index (χ0n) is 10.0. The summed E-state index contributed by atoms with van der Waals surface area (Å²) in [5, 5.41) is 0. The molecule has 0 fully saturated rings. The Morgan fingerprint density at radius 2 is 1.88 bits per heavy atom. The maximum atomic E-state index is 13.5. The molecule has 0 saturated carbocycles. The molecule has 0 bridgehead atoms. The van der Waals surface area contributed by atoms with E-state index in [-0.39, 0.29) is 12.8 Å². The number of nitrogens with two attached hydrogens (primary N) is 1. The third-order valence-corrected chi connectivity index (χ3v) is 2.11. The van der Waals surface area contributed by atoms with Crippen molar-refractivity contribution in [3.8, 4) is 5.75 Å². The third kappa shape index (κ3) is 4.28. The molecule has 1 unspecified atom stereocenters. The van der Waals surface area contributed by atoms with Crippen LogP contribution in [0.3, 0.4) is 0 Å². The van der Waals surface area contributed by atoms with E-state index in [9.17, 15) is 8.78 Å². The van der Waals surface area contributed by atoms with Gasteiger partial charge in [-0.25, -0.2) is 8.78 Å². The Kier molecular flexibility index (Phi) is 5.31. The summed E-state index contributed by atoms with van der Waals surface area (Å²) in [5.41, 5.74) is 6.08. The van der Waals surface area contributed by atoms with Crippen molar-refractivity contribution in [2.45, 2.75) is 26.3 Å². The fraction of sp³-hybridized carbons (Fsp3) is 0.500. The molecule has 1 aromatic carbocycles. The smallest absolute Gasteiger partial charge is 0.193 e. The van der Waals surface area contributed by atoms with Crippen molar-refractivity contribution in [3.63, 3.8) is 0 Å². The van der Waals surface area contributed by atoms with E-state index in [1.807, 2.05) is 0 Å². The minimum absolute atomic E-state index is 0.149. The molecule has 0 radical (unpaired) electrons. The number of ether oxygens (including phenoxy) is 2. The Labute approximate surface area is 99.5 Å². The molecule has 17 heavy (non-hydrogen) atoms. The van der Waals surface area contributed by atoms with Gasteiger partial charge in [0.15, 0.2) is 24.2 Å². The van der Waals surface area contributed by atoms with Gasteiger partial charge >= 0.3 is 0 Å². The summed E-state index contributed by atoms with van der Waals surface area (Å²) < 4.78 is 36.8. The SMILES string of the molecule is CCOCOc1c(F)cc(CC(C)N)cc1F. The van der Waals surface area contributed by atoms with Gasteiger partial charge in [0.05, 0.1) is 0 Å². The molecule has 0 heterocycles. The van der Waals surface area contributed by atoms with Crippen LogP contribution in [0.4, 0.5) is 8.78 Å². The van der Waals surface area contributed by atoms with E-state index in [0.29, 0.717) is 18.6 Å². The first-order chi connectivity index (χ1) is 8.04. The van der Waals surface area contributed by atoms with Crippen molar-refractivity contribution in [1.29, 1.82) is 0 Å². The molecule has 1 rings (SSSR count). The Bertz CT molecular complexity index is 347. The lowest BCUT2D eigenvalue weighted by atomic mass is 10.1. The molecule has 0 aliphatic heterocycles. The molecular weight excluding hydrogens is 228 g/mol. The highest BCUT2D eigenvalue weighted by Gasteiger charge is 2.13. The first kappa shape index (κ1) is 13.9. The zero-order valence-corrected chi connectivity index (χ0v) is 10.0. The van der Waals surface area contributed by atoms with Crippen LogP contribution in [0.15, 0.2) is 12.1 Å². The summed E-state index contributed by atoms with van der Waals surface area (Å²) in [6.07, 6.45) is 0.416. The minimum atomic E-state index is -0.736. The van der Waals surface area contributed by atoms with Crippen LogP contribution in [-0.4, -0.2) is 19.4 Å². The Hall–Kier alpha value is -1.20. The van der Waals surface area contributed by atoms with E-state index in [1.165, 1.54) is 12.1 Å². The lowest BCUT2D eigenvalue weighted by Crippen LogP contribution is -2.18. The second-order valence-corrected chi connectivity index (χ2v) is 3.82. The van der Waals surface area contributed by atoms with Gasteiger partial charge < -0.3 is 15.2 Å². The fourth-order valence-corrected chi connectivity index (χ4v) is 1.42. The first-order valence-electron chi connectivity index (χ1n) is 5.48. The van der Waals surface area contributed by atoms with Gasteiger partial charge in [-0.1, -0.05) is 0 Å². The fourth-order valence-electron chi connectivity index (χ4n) is 1.42. The monoisotopic (exact) mass is 245 g/mol. The van der Waals surface area contributed by atoms with Crippen LogP contribution in [0.25, 0.3) is 0 Å². The molecule has 0 spiro atoms. The van der Waals surface area contributed by atoms with Gasteiger partial charge in [0, 0.05) is 12.6 Å². The standard InChI is InChI=1S/C12H17F2NO2/c1-3-16-7-17-12-10(13)5-9(4-8(2)15)6-11(12)14/h5-6,8H,3-4,7,15H2,1-2H3. The van der Waals surface area contributed by atoms with E-state index in [1.54, 1.807) is 13.8 Å². The second-order valence-electron chi connectivity index (χ2n) is 3.82. The van der Waals surface area contributed by atoms with Crippen molar-refractivity contribution in [1.82, 2.24) is 0 Å². The Balaban J connectivity index is 2.79. The number of halogens is 2. The van der Waals surface area contributed by atoms with Crippen molar-refractivity contribution in [2.75, 3.05) is 13.4 Å². The highest BCUT2D eigenvalue weighted by molar-refractivity contribution is 5.31. The number of benzene rings is 1. The lowest BCUT2D eigenvalue weighted by Gasteiger charge is -2.11. The molecule has 0 amide bonds. The maximum absolute atomic E-state index is 13.5. The van der Waals surface area contributed by atoms with Crippen LogP contribution in [0.5, 0.6) is 5.75 Å². The van der Waals surface area contributed by atoms with Crippen LogP contribution in [-0.2, 0) is 11.2 Å². The lowest BCUT2D eigenvalue weighted by molar-refractivity contribution is 0.0176. The molecule has 5 heteroatoms. The van der Waals surface area contributed by atoms with E-state index in [0.717, 1.165) is 0 Å². The van der Waals surface area contributed by atoms with Crippen molar-refractivity contribution in [2.24, 2.45) is 5.73 Å². The van der Waals surface area contributed by atoms with Gasteiger partial charge in [0.2, 0.25) is 0 Å². The average Bonchev–Trinajstić information content (AvgIpc) is 2.21. The molecule has 1 aromatic rings. The molecule has 1 atom stereocenters. The van der Waals surface area contributed by atoms with Gasteiger partial charge in [-0.15, -0.1) is 0 Å². The van der Waals surface area contributed by atoms with Crippen molar-refractivity contribution < 1.29 is 18.3 Å². The summed E-state index contributed by atoms with van der Waals surface area (Å²) in [6, 6.07) is 2.31. The van der Waals surface area contributed by atoms with E-state index >= 15 is 0 Å². The number of hydrogen-bond acceptors (Lipinski definition) is 3. The quantitative estimate of drug-likeness (QED) is 0.617. The Morgan fingerprint density at radius 1 is 1.29 bits per heavy atom. The number of rotatable bonds is 6. The summed E-state index contributed by atoms with van der Waals surface area (Å²) in [4.78, 5) is 0. The van der Waals surface area contributed by atoms with Crippen LogP contribution >= 0.6 is 0 Å². The van der Waals surface area contributed by atoms with E-state index in [2.05, 4.69) is 0 Å². The average molecular weight is 245 g/mol. The van der Waals surface area contributed by atoms with Crippen LogP contribution < -0.4 is 10.5 Å². The highest BCUT2D eigenvalue weighted by Crippen LogP contribution is 2.23. The van der Waals surface area contributed by atoms with E-state index < -0.39 is 17.4 Å². The van der Waals surface area contributed by atoms with E-state index in [4.69, 9.17) is 15.2 Å². The molecule has 0 aliphatic carbocycles. The second kappa shape index (κ2) is 6.51. The largest absolute Gasteiger partial charge is 0.461 e. The summed E-state index contributed by atoms with van der Waals surface area (Å²) in [6.45, 7) is 3.79. The van der Waals surface area contributed by atoms with Gasteiger partial charge in [0.25, 0.3) is 0 Å². The maximum Gasteiger partial charge on any atom is 0.193 e. The number of hydrogen-bond donors (Lipinski definition) is 1. The van der Waals surface area contributed by atoms with Gasteiger partial charge in [-0.2, -0.15) is 0 Å². The van der Waals surface area contributed by atoms with Crippen molar-refractivity contribution >= 4 is 0 Å². The third-order valence-electron chi connectivity index (χ3n) is 2.11. The zero-order chi connectivity index (χ0) is 12.8. The topological polar surface area (TPSA) is 44.5 Å². The predicted octanol–water partition coefficient (Wildman–Crippen LogP) is 2.23. The van der Waals surface area contributed by atoms with Crippen molar-refractivity contribution in [3.05, 3.63) is 29.3 Å². The minimum Gasteiger partial charge on any atom is -0.461 e. The summed E-state index contributed by atoms with van der Waals surface area (Å²) in [5.74, 6) is -1.88. The van der Waals surface area contributed by atoms with Crippen LogP contribution in [0.1, 0.15) is 19.4 Å². The Morgan fingerprint density at radius 3 is 2.35 bits per heavy atom. The van der Waals surface area contributed by atoms with Gasteiger partial charge in [-0.05, 0) is 38.0 Å². The molecule has 0 saturated heterocycles. The van der Waals surface area contributed by atoms with Gasteiger partial charge in [-0.3, -0.25) is 0 Å². The van der Waals surface area contributed by atoms with Gasteiger partial charge in [0.1, 0.15) is 0 Å². The molecular formula is C12H17F2NO2. The molecule has 0 aliphatic rings. The highest BCUT2D eigenvalue weighted by atomic mass is 19.1. The summed E-state index contributed by atoms with van der Waals surface area (Å²) >= 11 is 0. The molecule has 2 N–H and O–H groups in total. The van der Waals surface area contributed by atoms with Crippen LogP contribution in [0, 0.1) is 11.6 Å². The molecule has 0 aromatic heterocycles. The molecule has 3 nitrogen and oxygen atoms in total. The van der Waals surface area contributed by atoms with Crippen LogP contribution in [0.2, 0.25) is 0 Å². The summed E-state index contributed by atoms with van der Waals surface area (Å²) in [7, 11) is 0. The predicted molar refractivity (Wildman–Crippen MR) is 60.8 cm³/mol. The molecule has 96 valence electrons. The normalized spacial score (nSPS) is 12.5. The first-order valence-corrected chi connectivity index (χ1v) is 5.48.